The Balaban J connectivity index is 2.21. The van der Waals surface area contributed by atoms with Gasteiger partial charge < -0.3 is 10.6 Å². The molecule has 0 atom stereocenters. The summed E-state index contributed by atoms with van der Waals surface area (Å²) in [5.41, 5.74) is 9.90. The average Bonchev–Trinajstić information content (AvgIpc) is 2.79. The molecule has 1 aromatic heterocycles. The van der Waals surface area contributed by atoms with Gasteiger partial charge in [0.05, 0.1) is 6.54 Å². The van der Waals surface area contributed by atoms with E-state index >= 15 is 0 Å². The molecule has 1 aliphatic rings. The maximum Gasteiger partial charge on any atom is 0.123 e. The number of allylic oxidation sites excluding steroid dienone is 1. The molecule has 3 N–H and O–H groups in total. The first-order valence-corrected chi connectivity index (χ1v) is 6.93. The van der Waals surface area contributed by atoms with Gasteiger partial charge in [-0.25, -0.2) is 0 Å². The molecule has 0 radical (unpaired) electrons. The van der Waals surface area contributed by atoms with E-state index in [9.17, 15) is 0 Å². The van der Waals surface area contributed by atoms with Gasteiger partial charge in [-0.05, 0) is 31.4 Å². The molecule has 0 spiro atoms. The number of nitrogens with zero attached hydrogens (tertiary/aromatic N) is 1. The molecule has 0 aliphatic carbocycles. The summed E-state index contributed by atoms with van der Waals surface area (Å²) in [6, 6.07) is 0. The molecule has 0 bridgehead atoms. The lowest BCUT2D eigenvalue weighted by Gasteiger charge is -2.30. The van der Waals surface area contributed by atoms with Crippen LogP contribution in [0.1, 0.15) is 29.9 Å². The molecule has 1 aromatic rings. The van der Waals surface area contributed by atoms with E-state index in [4.69, 9.17) is 11.1 Å². The summed E-state index contributed by atoms with van der Waals surface area (Å²) in [5.74, 6) is 0.629. The molecule has 4 heteroatoms. The fourth-order valence-electron chi connectivity index (χ4n) is 2.17. The second kappa shape index (κ2) is 4.98. The quantitative estimate of drug-likeness (QED) is 0.635. The van der Waals surface area contributed by atoms with Crippen LogP contribution < -0.4 is 5.73 Å². The van der Waals surface area contributed by atoms with Crippen molar-refractivity contribution in [2.45, 2.75) is 26.8 Å². The summed E-state index contributed by atoms with van der Waals surface area (Å²) < 4.78 is 0. The molecule has 2 heterocycles. The van der Waals surface area contributed by atoms with Crippen molar-refractivity contribution in [3.8, 4) is 0 Å². The Bertz CT molecular complexity index is 525. The fourth-order valence-corrected chi connectivity index (χ4v) is 3.31. The normalized spacial score (nSPS) is 15.4. The Hall–Kier alpha value is -1.55. The first-order chi connectivity index (χ1) is 8.54. The second-order valence-electron chi connectivity index (χ2n) is 4.57. The van der Waals surface area contributed by atoms with E-state index in [1.807, 2.05) is 19.9 Å². The lowest BCUT2D eigenvalue weighted by Crippen LogP contribution is -2.35. The summed E-state index contributed by atoms with van der Waals surface area (Å²) in [4.78, 5) is 3.44. The van der Waals surface area contributed by atoms with E-state index in [-0.39, 0.29) is 0 Å². The number of fused-ring (bicyclic) bond motifs is 1. The van der Waals surface area contributed by atoms with Gasteiger partial charge in [-0.1, -0.05) is 12.7 Å². The summed E-state index contributed by atoms with van der Waals surface area (Å²) in [6.07, 6.45) is 2.93. The number of hydrogen-bond acceptors (Lipinski definition) is 3. The first kappa shape index (κ1) is 12.9. The fraction of sp³-hybridized carbons (Fsp3) is 0.357. The van der Waals surface area contributed by atoms with E-state index in [1.54, 1.807) is 11.3 Å². The van der Waals surface area contributed by atoms with E-state index in [0.29, 0.717) is 11.5 Å². The SMILES string of the molecule is C=C(N)c1csc2c1CCN(C(=N)/C(C)=C/C)C2. The van der Waals surface area contributed by atoms with Gasteiger partial charge in [0.15, 0.2) is 0 Å². The van der Waals surface area contributed by atoms with Crippen LogP contribution in [0.2, 0.25) is 0 Å². The number of nitrogens with one attached hydrogen (secondary N) is 1. The third-order valence-corrected chi connectivity index (χ3v) is 4.43. The van der Waals surface area contributed by atoms with Crippen molar-refractivity contribution in [1.29, 1.82) is 5.41 Å². The molecular weight excluding hydrogens is 242 g/mol. The second-order valence-corrected chi connectivity index (χ2v) is 5.53. The average molecular weight is 261 g/mol. The highest BCUT2D eigenvalue weighted by molar-refractivity contribution is 7.10. The largest absolute Gasteiger partial charge is 0.399 e. The highest BCUT2D eigenvalue weighted by Gasteiger charge is 2.23. The van der Waals surface area contributed by atoms with Crippen LogP contribution in [-0.2, 0) is 13.0 Å². The minimum Gasteiger partial charge on any atom is -0.399 e. The molecule has 0 saturated carbocycles. The van der Waals surface area contributed by atoms with Gasteiger partial charge in [-0.3, -0.25) is 5.41 Å². The predicted molar refractivity (Wildman–Crippen MR) is 78.8 cm³/mol. The van der Waals surface area contributed by atoms with Crippen molar-refractivity contribution in [1.82, 2.24) is 4.90 Å². The maximum atomic E-state index is 8.14. The minimum absolute atomic E-state index is 0.629. The summed E-state index contributed by atoms with van der Waals surface area (Å²) in [5, 5.41) is 10.2. The Labute approximate surface area is 112 Å². The zero-order chi connectivity index (χ0) is 13.3. The lowest BCUT2D eigenvalue weighted by atomic mass is 10.0. The zero-order valence-corrected chi connectivity index (χ0v) is 11.7. The number of thiophene rings is 1. The molecule has 0 aromatic carbocycles. The van der Waals surface area contributed by atoms with E-state index in [2.05, 4.69) is 16.9 Å². The van der Waals surface area contributed by atoms with Crippen LogP contribution in [0.3, 0.4) is 0 Å². The lowest BCUT2D eigenvalue weighted by molar-refractivity contribution is 0.396. The van der Waals surface area contributed by atoms with Crippen molar-refractivity contribution in [3.63, 3.8) is 0 Å². The van der Waals surface area contributed by atoms with Crippen LogP contribution in [0.15, 0.2) is 23.6 Å². The van der Waals surface area contributed by atoms with Gasteiger partial charge in [-0.15, -0.1) is 11.3 Å². The molecule has 0 unspecified atom stereocenters. The van der Waals surface area contributed by atoms with E-state index in [1.165, 1.54) is 10.4 Å². The van der Waals surface area contributed by atoms with Gasteiger partial charge in [-0.2, -0.15) is 0 Å². The number of rotatable bonds is 2. The molecule has 0 amide bonds. The minimum atomic E-state index is 0.629. The predicted octanol–water partition coefficient (Wildman–Crippen LogP) is 2.98. The monoisotopic (exact) mass is 261 g/mol. The molecular formula is C14H19N3S. The van der Waals surface area contributed by atoms with Crippen LogP contribution in [0.5, 0.6) is 0 Å². The third-order valence-electron chi connectivity index (χ3n) is 3.42. The van der Waals surface area contributed by atoms with Crippen LogP contribution >= 0.6 is 11.3 Å². The number of amidine groups is 1. The molecule has 18 heavy (non-hydrogen) atoms. The smallest absolute Gasteiger partial charge is 0.123 e. The summed E-state index contributed by atoms with van der Waals surface area (Å²) in [7, 11) is 0. The van der Waals surface area contributed by atoms with Crippen molar-refractivity contribution < 1.29 is 0 Å². The highest BCUT2D eigenvalue weighted by Crippen LogP contribution is 2.31. The van der Waals surface area contributed by atoms with Crippen LogP contribution in [0.25, 0.3) is 5.70 Å². The first-order valence-electron chi connectivity index (χ1n) is 6.05. The molecule has 0 saturated heterocycles. The number of nitrogens with two attached hydrogens (primary N) is 1. The van der Waals surface area contributed by atoms with Crippen molar-refractivity contribution >= 4 is 22.9 Å². The van der Waals surface area contributed by atoms with Gasteiger partial charge in [0.2, 0.25) is 0 Å². The van der Waals surface area contributed by atoms with Crippen molar-refractivity contribution in [3.05, 3.63) is 39.6 Å². The van der Waals surface area contributed by atoms with E-state index < -0.39 is 0 Å². The van der Waals surface area contributed by atoms with Crippen LogP contribution in [0, 0.1) is 5.41 Å². The highest BCUT2D eigenvalue weighted by atomic mass is 32.1. The van der Waals surface area contributed by atoms with Crippen LogP contribution in [0.4, 0.5) is 0 Å². The maximum absolute atomic E-state index is 8.14. The molecule has 0 fully saturated rings. The Kier molecular flexibility index (Phi) is 3.57. The Morgan fingerprint density at radius 1 is 1.61 bits per heavy atom. The third kappa shape index (κ3) is 2.20. The molecule has 96 valence electrons. The van der Waals surface area contributed by atoms with Crippen LogP contribution in [-0.4, -0.2) is 17.3 Å². The molecule has 3 nitrogen and oxygen atoms in total. The number of hydrogen-bond donors (Lipinski definition) is 2. The summed E-state index contributed by atoms with van der Waals surface area (Å²) >= 11 is 1.72. The molecule has 1 aliphatic heterocycles. The van der Waals surface area contributed by atoms with Gasteiger partial charge >= 0.3 is 0 Å². The van der Waals surface area contributed by atoms with Gasteiger partial charge in [0, 0.05) is 28.1 Å². The van der Waals surface area contributed by atoms with Gasteiger partial charge in [0.25, 0.3) is 0 Å². The van der Waals surface area contributed by atoms with Crippen molar-refractivity contribution in [2.24, 2.45) is 5.73 Å². The van der Waals surface area contributed by atoms with E-state index in [0.717, 1.165) is 30.6 Å². The summed E-state index contributed by atoms with van der Waals surface area (Å²) in [6.45, 7) is 9.48. The zero-order valence-electron chi connectivity index (χ0n) is 10.9. The Morgan fingerprint density at radius 3 is 2.94 bits per heavy atom. The standard InChI is InChI=1S/C14H19N3S/c1-4-9(2)14(16)17-6-5-11-12(10(3)15)8-18-13(11)7-17/h4,8,16H,3,5-7,15H2,1-2H3/b9-4+,16-14?. The van der Waals surface area contributed by atoms with Gasteiger partial charge in [0.1, 0.15) is 5.84 Å². The Morgan fingerprint density at radius 2 is 2.33 bits per heavy atom. The van der Waals surface area contributed by atoms with Crippen molar-refractivity contribution in [2.75, 3.05) is 6.54 Å². The topological polar surface area (TPSA) is 53.1 Å². The molecule has 2 rings (SSSR count).